The van der Waals surface area contributed by atoms with Crippen molar-refractivity contribution in [1.29, 1.82) is 0 Å². The van der Waals surface area contributed by atoms with Crippen molar-refractivity contribution in [2.45, 2.75) is 18.6 Å². The fourth-order valence-corrected chi connectivity index (χ4v) is 4.03. The number of amides is 1. The van der Waals surface area contributed by atoms with Crippen LogP contribution in [0.5, 0.6) is 11.5 Å². The zero-order chi connectivity index (χ0) is 20.8. The molecule has 1 aromatic heterocycles. The van der Waals surface area contributed by atoms with E-state index in [0.717, 1.165) is 14.8 Å². The zero-order valence-electron chi connectivity index (χ0n) is 16.3. The molecule has 0 aliphatic heterocycles. The van der Waals surface area contributed by atoms with E-state index in [1.807, 2.05) is 47.9 Å². The number of halogens is 1. The summed E-state index contributed by atoms with van der Waals surface area (Å²) in [5.74, 6) is 2.21. The Balaban J connectivity index is 1.76. The molecule has 7 nitrogen and oxygen atoms in total. The highest BCUT2D eigenvalue weighted by molar-refractivity contribution is 14.1. The fourth-order valence-electron chi connectivity index (χ4n) is 2.71. The first kappa shape index (κ1) is 21.4. The molecular weight excluding hydrogens is 503 g/mol. The summed E-state index contributed by atoms with van der Waals surface area (Å²) in [4.78, 5) is 12.4. The molecule has 0 saturated carbocycles. The van der Waals surface area contributed by atoms with Crippen LogP contribution in [0.4, 0.5) is 5.69 Å². The van der Waals surface area contributed by atoms with Crippen LogP contribution in [-0.2, 0) is 11.3 Å². The predicted molar refractivity (Wildman–Crippen MR) is 123 cm³/mol. The number of rotatable bonds is 8. The maximum Gasteiger partial charge on any atom is 0.234 e. The Labute approximate surface area is 187 Å². The summed E-state index contributed by atoms with van der Waals surface area (Å²) < 4.78 is 13.7. The number of anilines is 1. The fraction of sp³-hybridized carbons (Fsp3) is 0.250. The molecule has 0 saturated heterocycles. The lowest BCUT2D eigenvalue weighted by Crippen LogP contribution is -2.15. The highest BCUT2D eigenvalue weighted by atomic mass is 127. The molecule has 3 rings (SSSR count). The van der Waals surface area contributed by atoms with Gasteiger partial charge in [0.05, 0.1) is 25.7 Å². The van der Waals surface area contributed by atoms with E-state index < -0.39 is 0 Å². The van der Waals surface area contributed by atoms with Gasteiger partial charge in [-0.25, -0.2) is 0 Å². The molecule has 1 N–H and O–H groups in total. The van der Waals surface area contributed by atoms with Crippen molar-refractivity contribution < 1.29 is 14.3 Å². The van der Waals surface area contributed by atoms with Gasteiger partial charge in [-0.1, -0.05) is 23.9 Å². The van der Waals surface area contributed by atoms with Crippen LogP contribution in [0.15, 0.2) is 47.6 Å². The minimum absolute atomic E-state index is 0.0885. The third-order valence-electron chi connectivity index (χ3n) is 4.12. The van der Waals surface area contributed by atoms with Gasteiger partial charge in [0, 0.05) is 21.7 Å². The van der Waals surface area contributed by atoms with Gasteiger partial charge in [-0.05, 0) is 53.8 Å². The van der Waals surface area contributed by atoms with E-state index in [2.05, 4.69) is 38.1 Å². The number of carbonyl (C=O) groups excluding carboxylic acids is 1. The molecule has 9 heteroatoms. The second kappa shape index (κ2) is 9.97. The molecule has 0 spiro atoms. The van der Waals surface area contributed by atoms with Gasteiger partial charge >= 0.3 is 0 Å². The van der Waals surface area contributed by atoms with E-state index >= 15 is 0 Å². The van der Waals surface area contributed by atoms with Crippen LogP contribution in [0.2, 0.25) is 0 Å². The van der Waals surface area contributed by atoms with Gasteiger partial charge in [0.1, 0.15) is 11.5 Å². The zero-order valence-corrected chi connectivity index (χ0v) is 19.3. The molecular formula is C20H21IN4O3S. The number of hydrogen-bond acceptors (Lipinski definition) is 6. The second-order valence-corrected chi connectivity index (χ2v) is 8.07. The average molecular weight is 524 g/mol. The number of ether oxygens (including phenoxy) is 2. The summed E-state index contributed by atoms with van der Waals surface area (Å²) in [7, 11) is 3.22. The Kier molecular flexibility index (Phi) is 7.37. The number of benzene rings is 2. The van der Waals surface area contributed by atoms with E-state index in [4.69, 9.17) is 9.47 Å². The summed E-state index contributed by atoms with van der Waals surface area (Å²) in [5.41, 5.74) is 1.64. The molecule has 0 atom stereocenters. The Hall–Kier alpha value is -2.27. The lowest BCUT2D eigenvalue weighted by molar-refractivity contribution is -0.113. The van der Waals surface area contributed by atoms with Crippen LogP contribution in [0.1, 0.15) is 6.92 Å². The van der Waals surface area contributed by atoms with Crippen molar-refractivity contribution in [3.63, 3.8) is 0 Å². The van der Waals surface area contributed by atoms with Crippen molar-refractivity contribution in [3.8, 4) is 22.9 Å². The monoisotopic (exact) mass is 524 g/mol. The normalized spacial score (nSPS) is 10.6. The third-order valence-corrected chi connectivity index (χ3v) is 6.03. The van der Waals surface area contributed by atoms with Crippen LogP contribution in [0.3, 0.4) is 0 Å². The van der Waals surface area contributed by atoms with Gasteiger partial charge in [-0.3, -0.25) is 4.79 Å². The van der Waals surface area contributed by atoms with Crippen LogP contribution in [0, 0.1) is 3.57 Å². The average Bonchev–Trinajstić information content (AvgIpc) is 3.16. The lowest BCUT2D eigenvalue weighted by atomic mass is 10.2. The molecule has 0 fully saturated rings. The molecule has 0 bridgehead atoms. The molecule has 1 amide bonds. The molecule has 3 aromatic rings. The van der Waals surface area contributed by atoms with E-state index in [9.17, 15) is 4.79 Å². The topological polar surface area (TPSA) is 78.3 Å². The van der Waals surface area contributed by atoms with E-state index in [1.54, 1.807) is 20.3 Å². The van der Waals surface area contributed by atoms with Gasteiger partial charge in [0.2, 0.25) is 5.91 Å². The van der Waals surface area contributed by atoms with Gasteiger partial charge in [0.15, 0.2) is 11.0 Å². The highest BCUT2D eigenvalue weighted by Crippen LogP contribution is 2.31. The first-order valence-corrected chi connectivity index (χ1v) is 11.0. The summed E-state index contributed by atoms with van der Waals surface area (Å²) in [6.07, 6.45) is 0. The molecule has 0 aliphatic carbocycles. The molecule has 0 aliphatic rings. The van der Waals surface area contributed by atoms with E-state index in [0.29, 0.717) is 29.0 Å². The number of thioether (sulfide) groups is 1. The largest absolute Gasteiger partial charge is 0.497 e. The Morgan fingerprint density at radius 2 is 1.83 bits per heavy atom. The minimum Gasteiger partial charge on any atom is -0.497 e. The molecule has 0 radical (unpaired) electrons. The highest BCUT2D eigenvalue weighted by Gasteiger charge is 2.16. The number of hydrogen-bond donors (Lipinski definition) is 1. The van der Waals surface area contributed by atoms with Crippen LogP contribution < -0.4 is 14.8 Å². The molecule has 2 aromatic carbocycles. The van der Waals surface area contributed by atoms with Crippen molar-refractivity contribution in [2.75, 3.05) is 25.3 Å². The second-order valence-electron chi connectivity index (χ2n) is 5.97. The van der Waals surface area contributed by atoms with Gasteiger partial charge in [-0.15, -0.1) is 10.2 Å². The Bertz CT molecular complexity index is 987. The number of nitrogens with one attached hydrogen (secondary N) is 1. The SMILES string of the molecule is CCn1c(SCC(=O)Nc2ccccc2I)nnc1-c1cc(OC)cc(OC)c1. The smallest absolute Gasteiger partial charge is 0.234 e. The number of nitrogens with zero attached hydrogens (tertiary/aromatic N) is 3. The van der Waals surface area contributed by atoms with Crippen LogP contribution >= 0.6 is 34.4 Å². The summed E-state index contributed by atoms with van der Waals surface area (Å²) in [6, 6.07) is 13.2. The van der Waals surface area contributed by atoms with Crippen molar-refractivity contribution >= 4 is 45.9 Å². The molecule has 0 unspecified atom stereocenters. The predicted octanol–water partition coefficient (Wildman–Crippen LogP) is 4.32. The van der Waals surface area contributed by atoms with Crippen molar-refractivity contribution in [3.05, 3.63) is 46.0 Å². The van der Waals surface area contributed by atoms with Crippen LogP contribution in [0.25, 0.3) is 11.4 Å². The summed E-state index contributed by atoms with van der Waals surface area (Å²) in [6.45, 7) is 2.68. The Morgan fingerprint density at radius 1 is 1.14 bits per heavy atom. The van der Waals surface area contributed by atoms with Crippen LogP contribution in [-0.4, -0.2) is 40.6 Å². The number of carbonyl (C=O) groups is 1. The van der Waals surface area contributed by atoms with Gasteiger partial charge in [0.25, 0.3) is 0 Å². The summed E-state index contributed by atoms with van der Waals surface area (Å²) in [5, 5.41) is 12.2. The Morgan fingerprint density at radius 3 is 2.45 bits per heavy atom. The maximum absolute atomic E-state index is 12.4. The first-order chi connectivity index (χ1) is 14.0. The van der Waals surface area contributed by atoms with E-state index in [-0.39, 0.29) is 11.7 Å². The third kappa shape index (κ3) is 5.21. The standard InChI is InChI=1S/C20H21IN4O3S/c1-4-25-19(13-9-14(27-2)11-15(10-13)28-3)23-24-20(25)29-12-18(26)22-17-8-6-5-7-16(17)21/h5-11H,4,12H2,1-3H3,(H,22,26). The van der Waals surface area contributed by atoms with Crippen molar-refractivity contribution in [1.82, 2.24) is 14.8 Å². The quantitative estimate of drug-likeness (QED) is 0.350. The minimum atomic E-state index is -0.0885. The maximum atomic E-state index is 12.4. The summed E-state index contributed by atoms with van der Waals surface area (Å²) >= 11 is 3.55. The van der Waals surface area contributed by atoms with Gasteiger partial charge in [-0.2, -0.15) is 0 Å². The number of methoxy groups -OCH3 is 2. The van der Waals surface area contributed by atoms with Crippen molar-refractivity contribution in [2.24, 2.45) is 0 Å². The number of para-hydroxylation sites is 1. The number of aromatic nitrogens is 3. The molecule has 29 heavy (non-hydrogen) atoms. The lowest BCUT2D eigenvalue weighted by Gasteiger charge is -2.10. The molecule has 1 heterocycles. The van der Waals surface area contributed by atoms with Gasteiger partial charge < -0.3 is 19.4 Å². The first-order valence-electron chi connectivity index (χ1n) is 8.89. The van der Waals surface area contributed by atoms with E-state index in [1.165, 1.54) is 11.8 Å². The molecule has 152 valence electrons.